The summed E-state index contributed by atoms with van der Waals surface area (Å²) in [5.74, 6) is 0.0157. The lowest BCUT2D eigenvalue weighted by Crippen LogP contribution is -2.53. The van der Waals surface area contributed by atoms with E-state index in [1.54, 1.807) is 0 Å². The molecule has 4 nitrogen and oxygen atoms in total. The second-order valence-electron chi connectivity index (χ2n) is 6.88. The molecule has 0 saturated carbocycles. The van der Waals surface area contributed by atoms with Crippen molar-refractivity contribution in [1.82, 2.24) is 4.90 Å². The molecule has 3 aliphatic heterocycles. The number of aliphatic hydroxyl groups is 1. The summed E-state index contributed by atoms with van der Waals surface area (Å²) < 4.78 is 5.82. The lowest BCUT2D eigenvalue weighted by Gasteiger charge is -2.44. The van der Waals surface area contributed by atoms with E-state index in [1.165, 1.54) is 11.3 Å². The van der Waals surface area contributed by atoms with Crippen LogP contribution < -0.4 is 0 Å². The number of rotatable bonds is 7. The Balaban J connectivity index is 1.70. The Morgan fingerprint density at radius 1 is 1.43 bits per heavy atom. The van der Waals surface area contributed by atoms with Crippen molar-refractivity contribution < 1.29 is 14.6 Å². The number of esters is 1. The minimum absolute atomic E-state index is 0.0531. The van der Waals surface area contributed by atoms with Gasteiger partial charge in [-0.3, -0.25) is 4.90 Å². The van der Waals surface area contributed by atoms with Gasteiger partial charge in [0.05, 0.1) is 0 Å². The van der Waals surface area contributed by atoms with Crippen molar-refractivity contribution in [3.05, 3.63) is 22.4 Å². The van der Waals surface area contributed by atoms with Gasteiger partial charge in [0.1, 0.15) is 6.10 Å². The molecule has 2 unspecified atom stereocenters. The maximum atomic E-state index is 12.8. The second kappa shape index (κ2) is 7.32. The summed E-state index contributed by atoms with van der Waals surface area (Å²) >= 11 is 1.43. The Labute approximate surface area is 142 Å². The lowest BCUT2D eigenvalue weighted by atomic mass is 9.85. The highest BCUT2D eigenvalue weighted by Gasteiger charge is 2.44. The number of thiophene rings is 1. The van der Waals surface area contributed by atoms with E-state index < -0.39 is 11.6 Å². The summed E-state index contributed by atoms with van der Waals surface area (Å²) in [6.07, 6.45) is 5.51. The van der Waals surface area contributed by atoms with Crippen molar-refractivity contribution in [3.8, 4) is 0 Å². The second-order valence-corrected chi connectivity index (χ2v) is 7.82. The van der Waals surface area contributed by atoms with Crippen LogP contribution in [0.2, 0.25) is 0 Å². The van der Waals surface area contributed by atoms with Gasteiger partial charge in [0.25, 0.3) is 0 Å². The first-order chi connectivity index (χ1) is 11.1. The molecule has 4 heterocycles. The van der Waals surface area contributed by atoms with Crippen LogP contribution in [0.25, 0.3) is 0 Å². The van der Waals surface area contributed by atoms with Gasteiger partial charge in [-0.1, -0.05) is 25.8 Å². The normalized spacial score (nSPS) is 29.2. The number of unbranched alkanes of at least 4 members (excludes halogenated alkanes) is 2. The van der Waals surface area contributed by atoms with Crippen LogP contribution in [0.15, 0.2) is 17.5 Å². The number of piperidine rings is 3. The summed E-state index contributed by atoms with van der Waals surface area (Å²) in [7, 11) is 0. The van der Waals surface area contributed by atoms with E-state index in [-0.39, 0.29) is 6.10 Å². The fourth-order valence-corrected chi connectivity index (χ4v) is 4.59. The largest absolute Gasteiger partial charge is 0.458 e. The molecule has 5 heteroatoms. The molecule has 3 aliphatic rings. The summed E-state index contributed by atoms with van der Waals surface area (Å²) in [6, 6.07) is 3.72. The monoisotopic (exact) mass is 337 g/mol. The molecule has 128 valence electrons. The molecule has 3 saturated heterocycles. The Hall–Kier alpha value is -0.910. The molecule has 2 atom stereocenters. The van der Waals surface area contributed by atoms with Crippen LogP contribution in [0.4, 0.5) is 0 Å². The topological polar surface area (TPSA) is 49.8 Å². The van der Waals surface area contributed by atoms with E-state index in [4.69, 9.17) is 4.74 Å². The van der Waals surface area contributed by atoms with E-state index in [2.05, 4.69) is 11.8 Å². The minimum Gasteiger partial charge on any atom is -0.458 e. The number of nitrogens with zero attached hydrogens (tertiary/aromatic N) is 1. The highest BCUT2D eigenvalue weighted by molar-refractivity contribution is 7.10. The molecule has 4 rings (SSSR count). The molecule has 0 radical (unpaired) electrons. The van der Waals surface area contributed by atoms with Crippen LogP contribution in [-0.2, 0) is 15.1 Å². The van der Waals surface area contributed by atoms with Crippen LogP contribution in [0.5, 0.6) is 0 Å². The first kappa shape index (κ1) is 16.9. The first-order valence-electron chi connectivity index (χ1n) is 8.83. The third kappa shape index (κ3) is 3.62. The van der Waals surface area contributed by atoms with Crippen LogP contribution in [-0.4, -0.2) is 41.7 Å². The quantitative estimate of drug-likeness (QED) is 0.613. The van der Waals surface area contributed by atoms with Gasteiger partial charge >= 0.3 is 5.97 Å². The van der Waals surface area contributed by atoms with Crippen molar-refractivity contribution in [1.29, 1.82) is 0 Å². The van der Waals surface area contributed by atoms with Gasteiger partial charge in [-0.2, -0.15) is 0 Å². The van der Waals surface area contributed by atoms with Gasteiger partial charge < -0.3 is 9.84 Å². The number of carbonyl (C=O) groups excluding carboxylic acids is 1. The van der Waals surface area contributed by atoms with Crippen LogP contribution in [0.3, 0.4) is 0 Å². The van der Waals surface area contributed by atoms with Crippen molar-refractivity contribution in [2.75, 3.05) is 19.6 Å². The predicted octanol–water partition coefficient (Wildman–Crippen LogP) is 3.15. The van der Waals surface area contributed by atoms with E-state index in [9.17, 15) is 9.90 Å². The minimum atomic E-state index is -1.48. The van der Waals surface area contributed by atoms with Gasteiger partial charge in [0.15, 0.2) is 5.60 Å². The van der Waals surface area contributed by atoms with E-state index >= 15 is 0 Å². The maximum Gasteiger partial charge on any atom is 0.344 e. The molecule has 0 aliphatic carbocycles. The molecule has 0 spiro atoms. The van der Waals surface area contributed by atoms with Crippen molar-refractivity contribution in [2.45, 2.75) is 57.2 Å². The van der Waals surface area contributed by atoms with Crippen molar-refractivity contribution in [2.24, 2.45) is 5.92 Å². The van der Waals surface area contributed by atoms with Gasteiger partial charge in [-0.05, 0) is 56.1 Å². The van der Waals surface area contributed by atoms with Gasteiger partial charge in [0, 0.05) is 11.4 Å². The molecular weight excluding hydrogens is 310 g/mol. The van der Waals surface area contributed by atoms with Crippen LogP contribution >= 0.6 is 11.3 Å². The highest BCUT2D eigenvalue weighted by atomic mass is 32.1. The molecule has 23 heavy (non-hydrogen) atoms. The SMILES string of the molecule is CCCCCC(O)(C(=O)OC1CN2CCC1CC2)c1cccs1. The molecule has 1 aromatic heterocycles. The zero-order valence-corrected chi connectivity index (χ0v) is 14.7. The molecule has 1 N–H and O–H groups in total. The Kier molecular flexibility index (Phi) is 5.39. The standard InChI is InChI=1S/C18H27NO3S/c1-2-3-4-9-18(21,16-6-5-12-23-16)17(20)22-15-13-19-10-7-14(15)8-11-19/h5-6,12,14-15,21H,2-4,7-11,13H2,1H3. The van der Waals surface area contributed by atoms with E-state index in [0.29, 0.717) is 17.2 Å². The Morgan fingerprint density at radius 3 is 2.78 bits per heavy atom. The Morgan fingerprint density at radius 2 is 2.22 bits per heavy atom. The summed E-state index contributed by atoms with van der Waals surface area (Å²) in [6.45, 7) is 5.18. The van der Waals surface area contributed by atoms with Gasteiger partial charge in [0.2, 0.25) is 0 Å². The first-order valence-corrected chi connectivity index (χ1v) is 9.71. The maximum absolute atomic E-state index is 12.8. The fourth-order valence-electron chi connectivity index (χ4n) is 3.75. The highest BCUT2D eigenvalue weighted by Crippen LogP contribution is 2.35. The smallest absolute Gasteiger partial charge is 0.344 e. The van der Waals surface area contributed by atoms with Crippen molar-refractivity contribution in [3.63, 3.8) is 0 Å². The summed E-state index contributed by atoms with van der Waals surface area (Å²) in [4.78, 5) is 15.9. The number of hydrogen-bond acceptors (Lipinski definition) is 5. The molecule has 0 aromatic carbocycles. The predicted molar refractivity (Wildman–Crippen MR) is 91.4 cm³/mol. The summed E-state index contributed by atoms with van der Waals surface area (Å²) in [5.41, 5.74) is -1.48. The number of ether oxygens (including phenoxy) is 1. The fraction of sp³-hybridized carbons (Fsp3) is 0.722. The van der Waals surface area contributed by atoms with Crippen molar-refractivity contribution >= 4 is 17.3 Å². The third-order valence-corrected chi connectivity index (χ3v) is 6.28. The van der Waals surface area contributed by atoms with Crippen LogP contribution in [0.1, 0.15) is 50.3 Å². The third-order valence-electron chi connectivity index (χ3n) is 5.26. The Bertz CT molecular complexity index is 510. The average molecular weight is 337 g/mol. The lowest BCUT2D eigenvalue weighted by molar-refractivity contribution is -0.182. The zero-order valence-electron chi connectivity index (χ0n) is 13.9. The zero-order chi connectivity index (χ0) is 16.3. The van der Waals surface area contributed by atoms with Crippen LogP contribution in [0, 0.1) is 5.92 Å². The van der Waals surface area contributed by atoms with E-state index in [0.717, 1.165) is 51.7 Å². The molecular formula is C18H27NO3S. The molecule has 0 amide bonds. The number of hydrogen-bond donors (Lipinski definition) is 1. The average Bonchev–Trinajstić information content (AvgIpc) is 3.11. The molecule has 2 bridgehead atoms. The number of carbonyl (C=O) groups is 1. The summed E-state index contributed by atoms with van der Waals surface area (Å²) in [5, 5.41) is 13.0. The number of fused-ring (bicyclic) bond motifs is 3. The van der Waals surface area contributed by atoms with E-state index in [1.807, 2.05) is 17.5 Å². The molecule has 1 aromatic rings. The van der Waals surface area contributed by atoms with Gasteiger partial charge in [-0.15, -0.1) is 11.3 Å². The molecule has 3 fully saturated rings. The van der Waals surface area contributed by atoms with Gasteiger partial charge in [-0.25, -0.2) is 4.79 Å².